The lowest BCUT2D eigenvalue weighted by molar-refractivity contribution is 0.458. The summed E-state index contributed by atoms with van der Waals surface area (Å²) in [4.78, 5) is 0. The SMILES string of the molecule is CC(S(=O)(=O)O)S(=O)(=O)O.O=S(=O)(O)CCS(=O)(=O)O. The predicted molar refractivity (Wildman–Crippen MR) is 65.4 cm³/mol. The van der Waals surface area contributed by atoms with Crippen LogP contribution < -0.4 is 0 Å². The molecule has 0 heterocycles. The topological polar surface area (TPSA) is 217 Å². The van der Waals surface area contributed by atoms with E-state index in [9.17, 15) is 33.7 Å². The zero-order valence-electron chi connectivity index (χ0n) is 9.68. The van der Waals surface area contributed by atoms with Crippen molar-refractivity contribution in [2.45, 2.75) is 11.5 Å². The molecule has 0 spiro atoms. The van der Waals surface area contributed by atoms with Gasteiger partial charge in [0.15, 0.2) is 0 Å². The molecule has 0 aliphatic rings. The van der Waals surface area contributed by atoms with Crippen molar-refractivity contribution in [1.82, 2.24) is 0 Å². The molecule has 16 heteroatoms. The van der Waals surface area contributed by atoms with Gasteiger partial charge in [-0.25, -0.2) is 0 Å². The Kier molecular flexibility index (Phi) is 7.75. The first kappa shape index (κ1) is 21.9. The molecule has 0 atom stereocenters. The van der Waals surface area contributed by atoms with E-state index in [-0.39, 0.29) is 0 Å². The molecule has 0 unspecified atom stereocenters. The minimum absolute atomic E-state index is 0.657. The van der Waals surface area contributed by atoms with E-state index in [4.69, 9.17) is 18.2 Å². The normalized spacial score (nSPS) is 13.7. The average Bonchev–Trinajstić information content (AvgIpc) is 2.09. The first-order valence-corrected chi connectivity index (χ1v) is 10.4. The molecule has 0 rings (SSSR count). The third kappa shape index (κ3) is 14.1. The van der Waals surface area contributed by atoms with E-state index in [2.05, 4.69) is 0 Å². The standard InChI is InChI=1S/2C2H6O6S2/c1-2(9(3,4)5)10(6,7)8;3-9(4,5)1-2-10(6,7)8/h2H,1H3,(H,3,4,5)(H,6,7,8);1-2H2,(H,3,4,5)(H,6,7,8). The monoisotopic (exact) mass is 380 g/mol. The van der Waals surface area contributed by atoms with Crippen molar-refractivity contribution in [1.29, 1.82) is 0 Å². The first-order chi connectivity index (χ1) is 8.36. The zero-order valence-corrected chi connectivity index (χ0v) is 12.9. The predicted octanol–water partition coefficient (Wildman–Crippen LogP) is -2.13. The van der Waals surface area contributed by atoms with Gasteiger partial charge in [0.2, 0.25) is 4.58 Å². The fourth-order valence-electron chi connectivity index (χ4n) is 0.364. The van der Waals surface area contributed by atoms with Crippen LogP contribution in [0, 0.1) is 0 Å². The maximum Gasteiger partial charge on any atom is 0.284 e. The van der Waals surface area contributed by atoms with Gasteiger partial charge in [-0.05, 0) is 6.92 Å². The fourth-order valence-corrected chi connectivity index (χ4v) is 3.28. The highest BCUT2D eigenvalue weighted by atomic mass is 32.3. The van der Waals surface area contributed by atoms with Gasteiger partial charge in [-0.2, -0.15) is 33.7 Å². The van der Waals surface area contributed by atoms with Crippen molar-refractivity contribution in [2.75, 3.05) is 11.5 Å². The van der Waals surface area contributed by atoms with E-state index in [0.717, 1.165) is 0 Å². The zero-order chi connectivity index (χ0) is 17.0. The molecule has 0 bridgehead atoms. The lowest BCUT2D eigenvalue weighted by atomic mass is 11.0. The van der Waals surface area contributed by atoms with Gasteiger partial charge in [0, 0.05) is 0 Å². The van der Waals surface area contributed by atoms with Crippen LogP contribution in [-0.2, 0) is 40.5 Å². The highest BCUT2D eigenvalue weighted by Crippen LogP contribution is 2.03. The largest absolute Gasteiger partial charge is 0.286 e. The van der Waals surface area contributed by atoms with Crippen molar-refractivity contribution in [2.24, 2.45) is 0 Å². The first-order valence-electron chi connectivity index (χ1n) is 4.19. The molecule has 0 aliphatic heterocycles. The Labute approximate surface area is 115 Å². The van der Waals surface area contributed by atoms with Gasteiger partial charge in [0.1, 0.15) is 0 Å². The van der Waals surface area contributed by atoms with Gasteiger partial charge in [-0.15, -0.1) is 0 Å². The molecular weight excluding hydrogens is 368 g/mol. The maximum absolute atomic E-state index is 9.99. The minimum Gasteiger partial charge on any atom is -0.286 e. The molecule has 4 N–H and O–H groups in total. The summed E-state index contributed by atoms with van der Waals surface area (Å²) < 4.78 is 109. The van der Waals surface area contributed by atoms with Gasteiger partial charge in [0.05, 0.1) is 11.5 Å². The van der Waals surface area contributed by atoms with Crippen molar-refractivity contribution >= 4 is 40.5 Å². The van der Waals surface area contributed by atoms with Crippen LogP contribution in [0.3, 0.4) is 0 Å². The smallest absolute Gasteiger partial charge is 0.284 e. The lowest BCUT2D eigenvalue weighted by Gasteiger charge is -2.01. The number of hydrogen-bond acceptors (Lipinski definition) is 8. The van der Waals surface area contributed by atoms with E-state index in [1.165, 1.54) is 0 Å². The molecule has 0 aromatic heterocycles. The molecule has 0 radical (unpaired) electrons. The van der Waals surface area contributed by atoms with Crippen molar-refractivity contribution in [3.63, 3.8) is 0 Å². The molecule has 124 valence electrons. The fraction of sp³-hybridized carbons (Fsp3) is 1.00. The molecule has 0 saturated heterocycles. The Bertz CT molecular complexity index is 642. The Balaban J connectivity index is 0. The second-order valence-corrected chi connectivity index (χ2v) is 10.1. The van der Waals surface area contributed by atoms with Crippen LogP contribution in [0.2, 0.25) is 0 Å². The van der Waals surface area contributed by atoms with Crippen molar-refractivity contribution in [3.8, 4) is 0 Å². The van der Waals surface area contributed by atoms with Crippen LogP contribution in [0.25, 0.3) is 0 Å². The van der Waals surface area contributed by atoms with E-state index < -0.39 is 56.6 Å². The van der Waals surface area contributed by atoms with E-state index in [1.807, 2.05) is 0 Å². The van der Waals surface area contributed by atoms with Crippen molar-refractivity contribution in [3.05, 3.63) is 0 Å². The Morgan fingerprint density at radius 2 is 0.850 bits per heavy atom. The third-order valence-corrected chi connectivity index (χ3v) is 6.27. The summed E-state index contributed by atoms with van der Waals surface area (Å²) >= 11 is 0. The third-order valence-electron chi connectivity index (χ3n) is 1.44. The van der Waals surface area contributed by atoms with Crippen LogP contribution in [0.4, 0.5) is 0 Å². The van der Waals surface area contributed by atoms with Crippen LogP contribution >= 0.6 is 0 Å². The van der Waals surface area contributed by atoms with Crippen LogP contribution in [0.1, 0.15) is 6.92 Å². The van der Waals surface area contributed by atoms with Gasteiger partial charge in [0.25, 0.3) is 40.5 Å². The Morgan fingerprint density at radius 1 is 0.650 bits per heavy atom. The molecule has 0 aromatic carbocycles. The molecule has 0 fully saturated rings. The summed E-state index contributed by atoms with van der Waals surface area (Å²) in [7, 11) is -18.0. The molecule has 0 aliphatic carbocycles. The summed E-state index contributed by atoms with van der Waals surface area (Å²) in [5.41, 5.74) is 0. The highest BCUT2D eigenvalue weighted by Gasteiger charge is 2.29. The van der Waals surface area contributed by atoms with Crippen LogP contribution in [0.5, 0.6) is 0 Å². The van der Waals surface area contributed by atoms with Crippen LogP contribution in [0.15, 0.2) is 0 Å². The minimum atomic E-state index is -4.70. The van der Waals surface area contributed by atoms with E-state index >= 15 is 0 Å². The second kappa shape index (κ2) is 7.07. The Morgan fingerprint density at radius 3 is 0.900 bits per heavy atom. The Hall–Kier alpha value is -0.360. The summed E-state index contributed by atoms with van der Waals surface area (Å²) in [6.07, 6.45) is 0. The molecule has 0 aromatic rings. The van der Waals surface area contributed by atoms with Gasteiger partial charge in [-0.1, -0.05) is 0 Å². The maximum atomic E-state index is 9.99. The molecule has 0 amide bonds. The molecule has 20 heavy (non-hydrogen) atoms. The average molecular weight is 380 g/mol. The summed E-state index contributed by atoms with van der Waals surface area (Å²) in [6.45, 7) is 0.657. The number of hydrogen-bond donors (Lipinski definition) is 4. The van der Waals surface area contributed by atoms with Gasteiger partial charge >= 0.3 is 0 Å². The quantitative estimate of drug-likeness (QED) is 0.376. The van der Waals surface area contributed by atoms with Gasteiger partial charge in [-0.3, -0.25) is 18.2 Å². The summed E-state index contributed by atoms with van der Waals surface area (Å²) in [6, 6.07) is 0. The summed E-state index contributed by atoms with van der Waals surface area (Å²) in [5, 5.41) is 0. The molecule has 12 nitrogen and oxygen atoms in total. The number of rotatable bonds is 5. The van der Waals surface area contributed by atoms with Crippen molar-refractivity contribution < 1.29 is 51.9 Å². The van der Waals surface area contributed by atoms with Crippen LogP contribution in [-0.4, -0.2) is 68.0 Å². The highest BCUT2D eigenvalue weighted by molar-refractivity contribution is 8.03. The lowest BCUT2D eigenvalue weighted by Crippen LogP contribution is -2.25. The summed E-state index contributed by atoms with van der Waals surface area (Å²) in [5.74, 6) is -1.96. The van der Waals surface area contributed by atoms with E-state index in [1.54, 1.807) is 0 Å². The molecule has 0 saturated carbocycles. The van der Waals surface area contributed by atoms with Gasteiger partial charge < -0.3 is 0 Å². The van der Waals surface area contributed by atoms with E-state index in [0.29, 0.717) is 6.92 Å². The second-order valence-electron chi connectivity index (χ2n) is 3.17. The molecular formula is C4H12O12S4.